The molecule has 4 aromatic rings. The first-order valence-corrected chi connectivity index (χ1v) is 9.22. The molecule has 0 amide bonds. The van der Waals surface area contributed by atoms with E-state index in [4.69, 9.17) is 4.74 Å². The van der Waals surface area contributed by atoms with Crippen LogP contribution in [-0.2, 0) is 19.9 Å². The summed E-state index contributed by atoms with van der Waals surface area (Å²) in [6, 6.07) is 9.66. The van der Waals surface area contributed by atoms with Crippen LogP contribution in [0.3, 0.4) is 0 Å². The van der Waals surface area contributed by atoms with E-state index < -0.39 is 0 Å². The van der Waals surface area contributed by atoms with Gasteiger partial charge >= 0.3 is 0 Å². The Morgan fingerprint density at radius 1 is 1.11 bits per heavy atom. The number of hydrogen-bond donors (Lipinski definition) is 0. The quantitative estimate of drug-likeness (QED) is 0.518. The zero-order valence-corrected chi connectivity index (χ0v) is 15.9. The SMILES string of the molecule is CCOc1cnc2ccc(CCc3nn(-c4cnn(C)c4)ccc3=O)cc2c1. The summed E-state index contributed by atoms with van der Waals surface area (Å²) in [7, 11) is 1.85. The van der Waals surface area contributed by atoms with Crippen molar-refractivity contribution in [1.82, 2.24) is 24.5 Å². The Morgan fingerprint density at radius 2 is 2.00 bits per heavy atom. The van der Waals surface area contributed by atoms with Crippen molar-refractivity contribution in [3.63, 3.8) is 0 Å². The molecule has 0 aliphatic rings. The highest BCUT2D eigenvalue weighted by molar-refractivity contribution is 5.80. The Hall–Kier alpha value is -3.48. The monoisotopic (exact) mass is 375 g/mol. The van der Waals surface area contributed by atoms with Crippen LogP contribution in [0, 0.1) is 0 Å². The summed E-state index contributed by atoms with van der Waals surface area (Å²) in [5.74, 6) is 0.760. The summed E-state index contributed by atoms with van der Waals surface area (Å²) in [5, 5.41) is 9.66. The lowest BCUT2D eigenvalue weighted by Gasteiger charge is -2.07. The molecule has 3 heterocycles. The van der Waals surface area contributed by atoms with Crippen LogP contribution in [0.2, 0.25) is 0 Å². The van der Waals surface area contributed by atoms with Crippen molar-refractivity contribution in [2.75, 3.05) is 6.61 Å². The third-order valence-corrected chi connectivity index (χ3v) is 4.52. The van der Waals surface area contributed by atoms with Crippen molar-refractivity contribution >= 4 is 10.9 Å². The molecule has 0 radical (unpaired) electrons. The maximum Gasteiger partial charge on any atom is 0.203 e. The first kappa shape index (κ1) is 17.9. The van der Waals surface area contributed by atoms with Gasteiger partial charge in [0.15, 0.2) is 0 Å². The predicted octanol–water partition coefficient (Wildman–Crippen LogP) is 2.70. The molecule has 4 rings (SSSR count). The van der Waals surface area contributed by atoms with Crippen molar-refractivity contribution in [1.29, 1.82) is 0 Å². The van der Waals surface area contributed by atoms with Crippen molar-refractivity contribution in [2.45, 2.75) is 19.8 Å². The van der Waals surface area contributed by atoms with E-state index in [1.165, 1.54) is 0 Å². The van der Waals surface area contributed by atoms with Gasteiger partial charge in [0.25, 0.3) is 0 Å². The van der Waals surface area contributed by atoms with Crippen LogP contribution in [0.5, 0.6) is 5.75 Å². The summed E-state index contributed by atoms with van der Waals surface area (Å²) >= 11 is 0. The van der Waals surface area contributed by atoms with Crippen molar-refractivity contribution in [3.05, 3.63) is 76.6 Å². The summed E-state index contributed by atoms with van der Waals surface area (Å²) in [5.41, 5.74) is 3.35. The molecule has 0 aliphatic carbocycles. The lowest BCUT2D eigenvalue weighted by molar-refractivity contribution is 0.339. The van der Waals surface area contributed by atoms with Gasteiger partial charge in [-0.15, -0.1) is 0 Å². The Morgan fingerprint density at radius 3 is 2.79 bits per heavy atom. The molecule has 0 unspecified atom stereocenters. The molecule has 1 aromatic carbocycles. The molecular formula is C21H21N5O2. The van der Waals surface area contributed by atoms with Crippen molar-refractivity contribution in [2.24, 2.45) is 7.05 Å². The molecule has 28 heavy (non-hydrogen) atoms. The summed E-state index contributed by atoms with van der Waals surface area (Å²) in [6.45, 7) is 2.56. The van der Waals surface area contributed by atoms with Crippen LogP contribution in [0.15, 0.2) is 59.9 Å². The minimum absolute atomic E-state index is 0.0544. The van der Waals surface area contributed by atoms with Gasteiger partial charge in [0.1, 0.15) is 17.1 Å². The second-order valence-electron chi connectivity index (χ2n) is 6.57. The average molecular weight is 375 g/mol. The van der Waals surface area contributed by atoms with E-state index >= 15 is 0 Å². The highest BCUT2D eigenvalue weighted by Crippen LogP contribution is 2.20. The zero-order chi connectivity index (χ0) is 19.5. The molecule has 142 valence electrons. The first-order valence-electron chi connectivity index (χ1n) is 9.22. The Kier molecular flexibility index (Phi) is 4.89. The number of benzene rings is 1. The van der Waals surface area contributed by atoms with Crippen LogP contribution in [0.1, 0.15) is 18.2 Å². The molecule has 0 spiro atoms. The predicted molar refractivity (Wildman–Crippen MR) is 107 cm³/mol. The fourth-order valence-electron chi connectivity index (χ4n) is 3.12. The van der Waals surface area contributed by atoms with Gasteiger partial charge in [0, 0.05) is 24.7 Å². The number of pyridine rings is 1. The van der Waals surface area contributed by atoms with Gasteiger partial charge < -0.3 is 4.74 Å². The second kappa shape index (κ2) is 7.64. The number of aromatic nitrogens is 5. The normalized spacial score (nSPS) is 11.1. The van der Waals surface area contributed by atoms with Gasteiger partial charge in [0.05, 0.1) is 30.7 Å². The maximum atomic E-state index is 12.2. The molecule has 0 aliphatic heterocycles. The van der Waals surface area contributed by atoms with Crippen molar-refractivity contribution < 1.29 is 4.74 Å². The lowest BCUT2D eigenvalue weighted by Crippen LogP contribution is -2.16. The molecule has 3 aromatic heterocycles. The van der Waals surface area contributed by atoms with E-state index in [-0.39, 0.29) is 5.43 Å². The van der Waals surface area contributed by atoms with Crippen LogP contribution < -0.4 is 10.2 Å². The largest absolute Gasteiger partial charge is 0.492 e. The van der Waals surface area contributed by atoms with E-state index in [0.717, 1.165) is 27.9 Å². The van der Waals surface area contributed by atoms with E-state index in [2.05, 4.69) is 21.2 Å². The summed E-state index contributed by atoms with van der Waals surface area (Å²) < 4.78 is 8.92. The van der Waals surface area contributed by atoms with Gasteiger partial charge in [-0.2, -0.15) is 10.2 Å². The fourth-order valence-corrected chi connectivity index (χ4v) is 3.12. The number of ether oxygens (including phenoxy) is 1. The van der Waals surface area contributed by atoms with Crippen LogP contribution in [0.4, 0.5) is 0 Å². The van der Waals surface area contributed by atoms with Crippen LogP contribution in [-0.4, -0.2) is 31.2 Å². The summed E-state index contributed by atoms with van der Waals surface area (Å²) in [6.07, 6.45) is 8.25. The standard InChI is InChI=1S/C21H21N5O2/c1-3-28-18-11-16-10-15(4-6-19(16)22-13-18)5-7-20-21(27)8-9-26(24-20)17-12-23-25(2)14-17/h4,6,8-14H,3,5,7H2,1-2H3. The van der Waals surface area contributed by atoms with Gasteiger partial charge in [-0.1, -0.05) is 6.07 Å². The zero-order valence-electron chi connectivity index (χ0n) is 15.9. The number of aryl methyl sites for hydroxylation is 3. The Balaban J connectivity index is 1.56. The lowest BCUT2D eigenvalue weighted by atomic mass is 10.1. The number of nitrogens with zero attached hydrogens (tertiary/aromatic N) is 5. The number of hydrogen-bond acceptors (Lipinski definition) is 5. The van der Waals surface area contributed by atoms with Crippen molar-refractivity contribution in [3.8, 4) is 11.4 Å². The highest BCUT2D eigenvalue weighted by atomic mass is 16.5. The molecule has 7 heteroatoms. The number of fused-ring (bicyclic) bond motifs is 1. The fraction of sp³-hybridized carbons (Fsp3) is 0.238. The Labute approximate surface area is 162 Å². The molecule has 0 atom stereocenters. The van der Waals surface area contributed by atoms with Crippen LogP contribution in [0.25, 0.3) is 16.6 Å². The van der Waals surface area contributed by atoms with Crippen LogP contribution >= 0.6 is 0 Å². The average Bonchev–Trinajstić information content (AvgIpc) is 3.13. The van der Waals surface area contributed by atoms with Gasteiger partial charge in [0.2, 0.25) is 5.43 Å². The van der Waals surface area contributed by atoms with Gasteiger partial charge in [-0.25, -0.2) is 4.68 Å². The smallest absolute Gasteiger partial charge is 0.203 e. The molecule has 0 fully saturated rings. The van der Waals surface area contributed by atoms with Gasteiger partial charge in [-0.05, 0) is 43.5 Å². The van der Waals surface area contributed by atoms with E-state index in [1.807, 2.05) is 38.4 Å². The second-order valence-corrected chi connectivity index (χ2v) is 6.57. The molecule has 0 N–H and O–H groups in total. The number of rotatable bonds is 6. The molecule has 0 saturated carbocycles. The molecule has 7 nitrogen and oxygen atoms in total. The third kappa shape index (κ3) is 3.78. The van der Waals surface area contributed by atoms with E-state index in [9.17, 15) is 4.79 Å². The highest BCUT2D eigenvalue weighted by Gasteiger charge is 2.07. The topological polar surface area (TPSA) is 74.8 Å². The summed E-state index contributed by atoms with van der Waals surface area (Å²) in [4.78, 5) is 16.7. The first-order chi connectivity index (χ1) is 13.6. The maximum absolute atomic E-state index is 12.2. The third-order valence-electron chi connectivity index (χ3n) is 4.52. The Bertz CT molecular complexity index is 1180. The molecule has 0 saturated heterocycles. The van der Waals surface area contributed by atoms with E-state index in [1.54, 1.807) is 34.0 Å². The molecule has 0 bridgehead atoms. The van der Waals surface area contributed by atoms with Gasteiger partial charge in [-0.3, -0.25) is 14.5 Å². The minimum Gasteiger partial charge on any atom is -0.492 e. The molecular weight excluding hydrogens is 354 g/mol. The minimum atomic E-state index is -0.0544. The van der Waals surface area contributed by atoms with E-state index in [0.29, 0.717) is 25.1 Å².